The minimum Gasteiger partial charge on any atom is -0.495 e. The number of nitrogens with two attached hydrogens (primary N) is 1. The Kier molecular flexibility index (Phi) is 6.72. The number of primary sulfonamides is 1. The molecule has 0 bridgehead atoms. The first-order valence-electron chi connectivity index (χ1n) is 7.64. The Morgan fingerprint density at radius 2 is 1.89 bits per heavy atom. The lowest BCUT2D eigenvalue weighted by Gasteiger charge is -2.12. The lowest BCUT2D eigenvalue weighted by Crippen LogP contribution is -2.21. The number of rotatable bonds is 7. The molecule has 10 nitrogen and oxygen atoms in total. The number of hydrogen-bond acceptors (Lipinski definition) is 8. The summed E-state index contributed by atoms with van der Waals surface area (Å²) in [7, 11) is -2.51. The predicted molar refractivity (Wildman–Crippen MR) is 102 cm³/mol. The van der Waals surface area contributed by atoms with Crippen molar-refractivity contribution in [3.05, 3.63) is 35.2 Å². The van der Waals surface area contributed by atoms with Gasteiger partial charge in [0.25, 0.3) is 5.91 Å². The fourth-order valence-corrected chi connectivity index (χ4v) is 3.63. The summed E-state index contributed by atoms with van der Waals surface area (Å²) in [4.78, 5) is 35.2. The smallest absolute Gasteiger partial charge is 0.339 e. The number of hydrogen-bond donors (Lipinski definition) is 3. The highest BCUT2D eigenvalue weighted by Gasteiger charge is 2.17. The Balaban J connectivity index is 2.01. The van der Waals surface area contributed by atoms with E-state index in [0.29, 0.717) is 11.4 Å². The molecule has 0 aliphatic carbocycles. The summed E-state index contributed by atoms with van der Waals surface area (Å²) in [6, 6.07) is 5.69. The number of anilines is 2. The maximum atomic E-state index is 12.1. The molecule has 2 amide bonds. The zero-order valence-corrected chi connectivity index (χ0v) is 16.5. The number of thiophene rings is 1. The molecule has 28 heavy (non-hydrogen) atoms. The highest BCUT2D eigenvalue weighted by Crippen LogP contribution is 2.28. The minimum absolute atomic E-state index is 0.0351. The van der Waals surface area contributed by atoms with Gasteiger partial charge in [0.2, 0.25) is 15.9 Å². The number of sulfonamides is 1. The summed E-state index contributed by atoms with van der Waals surface area (Å²) in [5.74, 6) is -1.48. The standard InChI is InChI=1S/C16H17N3O7S2/c1-9(20)18-11-3-4-13(25-2)12(6-11)19-14(21)7-26-16(22)10-5-15(27-8-10)28(17,23)24/h3-6,8H,7H2,1-2H3,(H,18,20)(H,19,21)(H2,17,23,24). The van der Waals surface area contributed by atoms with Gasteiger partial charge in [-0.3, -0.25) is 9.59 Å². The van der Waals surface area contributed by atoms with E-state index in [1.807, 2.05) is 0 Å². The molecule has 0 unspecified atom stereocenters. The van der Waals surface area contributed by atoms with Gasteiger partial charge in [0.15, 0.2) is 6.61 Å². The van der Waals surface area contributed by atoms with Crippen LogP contribution in [0.5, 0.6) is 5.75 Å². The van der Waals surface area contributed by atoms with E-state index < -0.39 is 28.5 Å². The van der Waals surface area contributed by atoms with Crippen molar-refractivity contribution in [3.8, 4) is 5.75 Å². The second-order valence-electron chi connectivity index (χ2n) is 5.42. The summed E-state index contributed by atoms with van der Waals surface area (Å²) in [6.45, 7) is 0.723. The van der Waals surface area contributed by atoms with Gasteiger partial charge in [0, 0.05) is 18.0 Å². The summed E-state index contributed by atoms with van der Waals surface area (Å²) < 4.78 is 32.3. The van der Waals surface area contributed by atoms with Crippen LogP contribution in [0.1, 0.15) is 17.3 Å². The molecule has 0 spiro atoms. The second-order valence-corrected chi connectivity index (χ2v) is 8.12. The highest BCUT2D eigenvalue weighted by molar-refractivity contribution is 7.91. The molecule has 1 aromatic carbocycles. The normalized spacial score (nSPS) is 10.8. The van der Waals surface area contributed by atoms with Crippen molar-refractivity contribution in [1.82, 2.24) is 0 Å². The van der Waals surface area contributed by atoms with Crippen LogP contribution in [0, 0.1) is 0 Å². The quantitative estimate of drug-likeness (QED) is 0.560. The predicted octanol–water partition coefficient (Wildman–Crippen LogP) is 1.16. The van der Waals surface area contributed by atoms with Crippen molar-refractivity contribution in [1.29, 1.82) is 0 Å². The molecular weight excluding hydrogens is 410 g/mol. The average molecular weight is 427 g/mol. The molecule has 12 heteroatoms. The zero-order valence-electron chi connectivity index (χ0n) is 14.8. The average Bonchev–Trinajstić information content (AvgIpc) is 3.10. The van der Waals surface area contributed by atoms with E-state index in [4.69, 9.17) is 14.6 Å². The van der Waals surface area contributed by atoms with Crippen molar-refractivity contribution in [2.75, 3.05) is 24.4 Å². The number of carbonyl (C=O) groups excluding carboxylic acids is 3. The Hall–Kier alpha value is -2.96. The van der Waals surface area contributed by atoms with E-state index in [9.17, 15) is 22.8 Å². The minimum atomic E-state index is -3.92. The molecule has 150 valence electrons. The molecule has 0 atom stereocenters. The third-order valence-corrected chi connectivity index (χ3v) is 5.61. The zero-order chi connectivity index (χ0) is 20.9. The van der Waals surface area contributed by atoms with Crippen LogP contribution in [-0.2, 0) is 24.3 Å². The number of nitrogens with one attached hydrogen (secondary N) is 2. The number of methoxy groups -OCH3 is 1. The summed E-state index contributed by atoms with van der Waals surface area (Å²) in [5, 5.41) is 11.3. The van der Waals surface area contributed by atoms with Gasteiger partial charge in [0.1, 0.15) is 9.96 Å². The van der Waals surface area contributed by atoms with Crippen molar-refractivity contribution in [3.63, 3.8) is 0 Å². The van der Waals surface area contributed by atoms with Gasteiger partial charge in [-0.25, -0.2) is 18.4 Å². The second kappa shape index (κ2) is 8.82. The van der Waals surface area contributed by atoms with Gasteiger partial charge < -0.3 is 20.1 Å². The van der Waals surface area contributed by atoms with Crippen LogP contribution in [0.25, 0.3) is 0 Å². The summed E-state index contributed by atoms with van der Waals surface area (Å²) >= 11 is 0.768. The monoisotopic (exact) mass is 427 g/mol. The molecule has 0 fully saturated rings. The third-order valence-electron chi connectivity index (χ3n) is 3.22. The van der Waals surface area contributed by atoms with E-state index >= 15 is 0 Å². The van der Waals surface area contributed by atoms with Gasteiger partial charge >= 0.3 is 5.97 Å². The van der Waals surface area contributed by atoms with E-state index in [0.717, 1.165) is 17.4 Å². The molecule has 0 saturated carbocycles. The van der Waals surface area contributed by atoms with Gasteiger partial charge in [-0.15, -0.1) is 11.3 Å². The van der Waals surface area contributed by atoms with E-state index in [-0.39, 0.29) is 21.4 Å². The van der Waals surface area contributed by atoms with Crippen molar-refractivity contribution >= 4 is 50.5 Å². The fourth-order valence-electron chi connectivity index (χ4n) is 2.06. The number of amides is 2. The van der Waals surface area contributed by atoms with E-state index in [1.54, 1.807) is 12.1 Å². The van der Waals surface area contributed by atoms with Crippen LogP contribution in [0.2, 0.25) is 0 Å². The number of carbonyl (C=O) groups is 3. The van der Waals surface area contributed by atoms with Crippen molar-refractivity contribution < 1.29 is 32.3 Å². The first kappa shape index (κ1) is 21.3. The molecule has 0 aliphatic rings. The molecular formula is C16H17N3O7S2. The lowest BCUT2D eigenvalue weighted by molar-refractivity contribution is -0.119. The SMILES string of the molecule is COc1ccc(NC(C)=O)cc1NC(=O)COC(=O)c1csc(S(N)(=O)=O)c1. The van der Waals surface area contributed by atoms with Gasteiger partial charge in [-0.2, -0.15) is 0 Å². The molecule has 1 aromatic heterocycles. The maximum Gasteiger partial charge on any atom is 0.339 e. The molecule has 1 heterocycles. The van der Waals surface area contributed by atoms with Crippen molar-refractivity contribution in [2.24, 2.45) is 5.14 Å². The maximum absolute atomic E-state index is 12.1. The molecule has 0 saturated heterocycles. The topological polar surface area (TPSA) is 154 Å². The van der Waals surface area contributed by atoms with Crippen LogP contribution in [0.3, 0.4) is 0 Å². The molecule has 4 N–H and O–H groups in total. The first-order chi connectivity index (χ1) is 13.1. The van der Waals surface area contributed by atoms with E-state index in [2.05, 4.69) is 10.6 Å². The van der Waals surface area contributed by atoms with Crippen LogP contribution in [0.4, 0.5) is 11.4 Å². The van der Waals surface area contributed by atoms with Gasteiger partial charge in [0.05, 0.1) is 18.4 Å². The lowest BCUT2D eigenvalue weighted by atomic mass is 10.2. The van der Waals surface area contributed by atoms with Crippen LogP contribution >= 0.6 is 11.3 Å². The number of ether oxygens (including phenoxy) is 2. The Morgan fingerprint density at radius 1 is 1.18 bits per heavy atom. The molecule has 0 radical (unpaired) electrons. The van der Waals surface area contributed by atoms with Gasteiger partial charge in [-0.1, -0.05) is 0 Å². The summed E-state index contributed by atoms with van der Waals surface area (Å²) in [6.07, 6.45) is 0. The largest absolute Gasteiger partial charge is 0.495 e. The van der Waals surface area contributed by atoms with E-state index in [1.165, 1.54) is 25.5 Å². The Bertz CT molecular complexity index is 1010. The Morgan fingerprint density at radius 3 is 2.46 bits per heavy atom. The first-order valence-corrected chi connectivity index (χ1v) is 10.1. The number of benzene rings is 1. The molecule has 2 rings (SSSR count). The third kappa shape index (κ3) is 5.77. The summed E-state index contributed by atoms with van der Waals surface area (Å²) in [5.41, 5.74) is 0.670. The highest BCUT2D eigenvalue weighted by atomic mass is 32.2. The molecule has 0 aliphatic heterocycles. The molecule has 2 aromatic rings. The van der Waals surface area contributed by atoms with Crippen molar-refractivity contribution in [2.45, 2.75) is 11.1 Å². The Labute approximate surface area is 164 Å². The van der Waals surface area contributed by atoms with Crippen LogP contribution < -0.4 is 20.5 Å². The van der Waals surface area contributed by atoms with Crippen LogP contribution in [-0.4, -0.2) is 39.9 Å². The number of esters is 1. The fraction of sp³-hybridized carbons (Fsp3) is 0.188. The van der Waals surface area contributed by atoms with Gasteiger partial charge in [-0.05, 0) is 24.3 Å². The van der Waals surface area contributed by atoms with Crippen LogP contribution in [0.15, 0.2) is 33.9 Å².